The highest BCUT2D eigenvalue weighted by Gasteiger charge is 2.21. The van der Waals surface area contributed by atoms with Gasteiger partial charge in [-0.15, -0.1) is 0 Å². The molecular weight excluding hydrogens is 286 g/mol. The van der Waals surface area contributed by atoms with Crippen LogP contribution in [0, 0.1) is 6.92 Å². The number of aromatic amines is 1. The van der Waals surface area contributed by atoms with Crippen molar-refractivity contribution in [2.45, 2.75) is 25.8 Å². The molecule has 5 nitrogen and oxygen atoms in total. The molecule has 2 N–H and O–H groups in total. The van der Waals surface area contributed by atoms with Gasteiger partial charge in [-0.2, -0.15) is 0 Å². The van der Waals surface area contributed by atoms with Crippen LogP contribution in [-0.4, -0.2) is 34.1 Å². The van der Waals surface area contributed by atoms with Crippen molar-refractivity contribution in [2.75, 3.05) is 23.3 Å². The number of nitrogens with zero attached hydrogens (tertiary/aromatic N) is 3. The molecule has 5 heteroatoms. The number of imidazole rings is 1. The molecule has 3 aromatic rings. The molecule has 0 radical (unpaired) electrons. The summed E-state index contributed by atoms with van der Waals surface area (Å²) >= 11 is 0. The summed E-state index contributed by atoms with van der Waals surface area (Å²) in [5, 5.41) is 3.55. The predicted molar refractivity (Wildman–Crippen MR) is 93.9 cm³/mol. The maximum Gasteiger partial charge on any atom is 0.203 e. The summed E-state index contributed by atoms with van der Waals surface area (Å²) in [5.41, 5.74) is 3.19. The molecular formula is C18H21N5. The van der Waals surface area contributed by atoms with E-state index in [1.807, 2.05) is 43.3 Å². The highest BCUT2D eigenvalue weighted by molar-refractivity contribution is 5.77. The molecule has 0 atom stereocenters. The monoisotopic (exact) mass is 307 g/mol. The van der Waals surface area contributed by atoms with Crippen molar-refractivity contribution in [1.82, 2.24) is 15.0 Å². The van der Waals surface area contributed by atoms with Crippen LogP contribution in [0.5, 0.6) is 0 Å². The summed E-state index contributed by atoms with van der Waals surface area (Å²) in [5.74, 6) is 1.96. The predicted octanol–water partition coefficient (Wildman–Crippen LogP) is 3.35. The fourth-order valence-electron chi connectivity index (χ4n) is 3.16. The minimum Gasteiger partial charge on any atom is -0.367 e. The van der Waals surface area contributed by atoms with Gasteiger partial charge in [0.25, 0.3) is 0 Å². The number of piperidine rings is 1. The fourth-order valence-corrected chi connectivity index (χ4v) is 3.16. The van der Waals surface area contributed by atoms with Crippen LogP contribution in [-0.2, 0) is 0 Å². The minimum atomic E-state index is 0.477. The van der Waals surface area contributed by atoms with Crippen LogP contribution < -0.4 is 10.2 Å². The van der Waals surface area contributed by atoms with Gasteiger partial charge in [0, 0.05) is 24.8 Å². The molecule has 118 valence electrons. The minimum absolute atomic E-state index is 0.477. The fraction of sp³-hybridized carbons (Fsp3) is 0.333. The maximum absolute atomic E-state index is 4.69. The first-order chi connectivity index (χ1) is 11.3. The first-order valence-electron chi connectivity index (χ1n) is 8.18. The molecule has 3 heterocycles. The molecule has 0 amide bonds. The molecule has 0 bridgehead atoms. The summed E-state index contributed by atoms with van der Waals surface area (Å²) < 4.78 is 0. The number of H-pyrrole nitrogens is 1. The number of pyridine rings is 1. The number of hydrogen-bond donors (Lipinski definition) is 2. The average molecular weight is 307 g/mol. The van der Waals surface area contributed by atoms with E-state index in [0.717, 1.165) is 54.4 Å². The second-order valence-electron chi connectivity index (χ2n) is 6.15. The molecule has 1 saturated heterocycles. The Morgan fingerprint density at radius 3 is 2.65 bits per heavy atom. The Morgan fingerprint density at radius 2 is 1.87 bits per heavy atom. The van der Waals surface area contributed by atoms with E-state index in [2.05, 4.69) is 26.3 Å². The van der Waals surface area contributed by atoms with Crippen molar-refractivity contribution in [2.24, 2.45) is 0 Å². The average Bonchev–Trinajstić information content (AvgIpc) is 2.99. The van der Waals surface area contributed by atoms with Gasteiger partial charge in [0.2, 0.25) is 5.95 Å². The van der Waals surface area contributed by atoms with Gasteiger partial charge in [-0.05, 0) is 44.0 Å². The van der Waals surface area contributed by atoms with Gasteiger partial charge in [0.05, 0.1) is 11.0 Å². The topological polar surface area (TPSA) is 56.8 Å². The van der Waals surface area contributed by atoms with Gasteiger partial charge >= 0.3 is 0 Å². The molecule has 23 heavy (non-hydrogen) atoms. The molecule has 1 aliphatic heterocycles. The number of rotatable bonds is 3. The van der Waals surface area contributed by atoms with Crippen LogP contribution in [0.25, 0.3) is 11.0 Å². The third-order valence-corrected chi connectivity index (χ3v) is 4.41. The Kier molecular flexibility index (Phi) is 3.61. The third kappa shape index (κ3) is 2.99. The zero-order valence-corrected chi connectivity index (χ0v) is 13.3. The van der Waals surface area contributed by atoms with Gasteiger partial charge in [0.1, 0.15) is 5.82 Å². The van der Waals surface area contributed by atoms with Crippen LogP contribution in [0.3, 0.4) is 0 Å². The summed E-state index contributed by atoms with van der Waals surface area (Å²) in [6.07, 6.45) is 2.18. The van der Waals surface area contributed by atoms with Crippen molar-refractivity contribution in [3.05, 3.63) is 48.2 Å². The van der Waals surface area contributed by atoms with E-state index >= 15 is 0 Å². The van der Waals surface area contributed by atoms with E-state index in [1.54, 1.807) is 0 Å². The van der Waals surface area contributed by atoms with Gasteiger partial charge < -0.3 is 15.2 Å². The van der Waals surface area contributed by atoms with Gasteiger partial charge in [-0.1, -0.05) is 18.2 Å². The van der Waals surface area contributed by atoms with Crippen molar-refractivity contribution >= 4 is 22.8 Å². The molecule has 1 fully saturated rings. The first kappa shape index (κ1) is 14.1. The number of aromatic nitrogens is 3. The zero-order valence-electron chi connectivity index (χ0n) is 13.3. The van der Waals surface area contributed by atoms with Crippen LogP contribution in [0.1, 0.15) is 18.5 Å². The van der Waals surface area contributed by atoms with Gasteiger partial charge in [-0.25, -0.2) is 9.97 Å². The SMILES string of the molecule is Cc1cccc(NC2CCN(c3nc4ccccc4[nH]3)CC2)n1. The Balaban J connectivity index is 1.40. The smallest absolute Gasteiger partial charge is 0.203 e. The highest BCUT2D eigenvalue weighted by Crippen LogP contribution is 2.22. The molecule has 1 aromatic carbocycles. The second kappa shape index (κ2) is 5.91. The van der Waals surface area contributed by atoms with E-state index in [1.165, 1.54) is 0 Å². The molecule has 1 aliphatic rings. The van der Waals surface area contributed by atoms with E-state index < -0.39 is 0 Å². The second-order valence-corrected chi connectivity index (χ2v) is 6.15. The quantitative estimate of drug-likeness (QED) is 0.779. The standard InChI is InChI=1S/C18H21N5/c1-13-5-4-8-17(19-13)20-14-9-11-23(12-10-14)18-21-15-6-2-3-7-16(15)22-18/h2-8,14H,9-12H2,1H3,(H,19,20)(H,21,22). The molecule has 0 unspecified atom stereocenters. The number of nitrogens with one attached hydrogen (secondary N) is 2. The lowest BCUT2D eigenvalue weighted by Crippen LogP contribution is -2.39. The number of para-hydroxylation sites is 2. The van der Waals surface area contributed by atoms with E-state index in [4.69, 9.17) is 4.98 Å². The summed E-state index contributed by atoms with van der Waals surface area (Å²) in [4.78, 5) is 15.0. The van der Waals surface area contributed by atoms with Crippen molar-refractivity contribution in [1.29, 1.82) is 0 Å². The van der Waals surface area contributed by atoms with Gasteiger partial charge in [-0.3, -0.25) is 0 Å². The zero-order chi connectivity index (χ0) is 15.6. The molecule has 2 aromatic heterocycles. The first-order valence-corrected chi connectivity index (χ1v) is 8.18. The lowest BCUT2D eigenvalue weighted by atomic mass is 10.1. The number of benzene rings is 1. The van der Waals surface area contributed by atoms with Crippen molar-refractivity contribution in [3.8, 4) is 0 Å². The molecule has 0 saturated carbocycles. The number of fused-ring (bicyclic) bond motifs is 1. The number of anilines is 2. The van der Waals surface area contributed by atoms with Crippen LogP contribution in [0.15, 0.2) is 42.5 Å². The van der Waals surface area contributed by atoms with Crippen LogP contribution in [0.4, 0.5) is 11.8 Å². The molecule has 0 spiro atoms. The van der Waals surface area contributed by atoms with E-state index in [0.29, 0.717) is 6.04 Å². The Bertz CT molecular complexity index is 769. The number of aryl methyl sites for hydroxylation is 1. The summed E-state index contributed by atoms with van der Waals surface area (Å²) in [6.45, 7) is 4.03. The van der Waals surface area contributed by atoms with E-state index in [-0.39, 0.29) is 0 Å². The molecule has 4 rings (SSSR count). The van der Waals surface area contributed by atoms with Crippen LogP contribution in [0.2, 0.25) is 0 Å². The number of hydrogen-bond acceptors (Lipinski definition) is 4. The van der Waals surface area contributed by atoms with E-state index in [9.17, 15) is 0 Å². The normalized spacial score (nSPS) is 16.0. The van der Waals surface area contributed by atoms with Gasteiger partial charge in [0.15, 0.2) is 0 Å². The third-order valence-electron chi connectivity index (χ3n) is 4.41. The highest BCUT2D eigenvalue weighted by atomic mass is 15.3. The molecule has 0 aliphatic carbocycles. The Hall–Kier alpha value is -2.56. The Labute approximate surface area is 135 Å². The van der Waals surface area contributed by atoms with Crippen molar-refractivity contribution < 1.29 is 0 Å². The lowest BCUT2D eigenvalue weighted by Gasteiger charge is -2.32. The maximum atomic E-state index is 4.69. The largest absolute Gasteiger partial charge is 0.367 e. The lowest BCUT2D eigenvalue weighted by molar-refractivity contribution is 0.520. The summed E-state index contributed by atoms with van der Waals surface area (Å²) in [7, 11) is 0. The van der Waals surface area contributed by atoms with Crippen LogP contribution >= 0.6 is 0 Å². The Morgan fingerprint density at radius 1 is 1.04 bits per heavy atom. The van der Waals surface area contributed by atoms with Crippen molar-refractivity contribution in [3.63, 3.8) is 0 Å². The summed E-state index contributed by atoms with van der Waals surface area (Å²) in [6, 6.07) is 14.8.